The zero-order valence-corrected chi connectivity index (χ0v) is 9.50. The molecule has 82 valence electrons. The first kappa shape index (κ1) is 11.6. The summed E-state index contributed by atoms with van der Waals surface area (Å²) in [5.74, 6) is -0.293. The van der Waals surface area contributed by atoms with Gasteiger partial charge in [0.1, 0.15) is 11.3 Å². The Morgan fingerprint density at radius 2 is 2.00 bits per heavy atom. The van der Waals surface area contributed by atoms with E-state index in [0.29, 0.717) is 5.75 Å². The van der Waals surface area contributed by atoms with Gasteiger partial charge in [0.05, 0.1) is 7.11 Å². The van der Waals surface area contributed by atoms with E-state index in [0.717, 1.165) is 11.1 Å². The van der Waals surface area contributed by atoms with Crippen molar-refractivity contribution in [1.82, 2.24) is 0 Å². The van der Waals surface area contributed by atoms with Gasteiger partial charge >= 0.3 is 5.97 Å². The lowest BCUT2D eigenvalue weighted by Gasteiger charge is -2.15. The van der Waals surface area contributed by atoms with Crippen LogP contribution in [0.1, 0.15) is 41.3 Å². The molecule has 0 heterocycles. The minimum atomic E-state index is -0.931. The molecule has 1 rings (SSSR count). The van der Waals surface area contributed by atoms with E-state index in [1.54, 1.807) is 0 Å². The number of aryl methyl sites for hydroxylation is 1. The molecule has 0 saturated carbocycles. The molecule has 0 fully saturated rings. The van der Waals surface area contributed by atoms with Crippen LogP contribution in [0.2, 0.25) is 0 Å². The Kier molecular flexibility index (Phi) is 3.35. The summed E-state index contributed by atoms with van der Waals surface area (Å²) in [6.07, 6.45) is 0. The third-order valence-electron chi connectivity index (χ3n) is 2.43. The molecule has 1 aromatic carbocycles. The van der Waals surface area contributed by atoms with Gasteiger partial charge in [0.15, 0.2) is 0 Å². The molecule has 0 aliphatic heterocycles. The number of methoxy groups -OCH3 is 1. The van der Waals surface area contributed by atoms with Crippen LogP contribution in [0.25, 0.3) is 0 Å². The lowest BCUT2D eigenvalue weighted by molar-refractivity contribution is 0.0691. The highest BCUT2D eigenvalue weighted by Crippen LogP contribution is 2.30. The zero-order valence-electron chi connectivity index (χ0n) is 9.50. The molecule has 3 heteroatoms. The van der Waals surface area contributed by atoms with E-state index in [2.05, 4.69) is 0 Å². The standard InChI is InChI=1S/C12H16O3/c1-7(2)9-6-5-8(3)11(15-4)10(9)12(13)14/h5-7H,1-4H3,(H,13,14). The predicted molar refractivity (Wildman–Crippen MR) is 58.8 cm³/mol. The van der Waals surface area contributed by atoms with E-state index in [4.69, 9.17) is 4.74 Å². The van der Waals surface area contributed by atoms with Gasteiger partial charge in [-0.15, -0.1) is 0 Å². The van der Waals surface area contributed by atoms with Crippen LogP contribution in [0, 0.1) is 6.92 Å². The van der Waals surface area contributed by atoms with Gasteiger partial charge in [-0.2, -0.15) is 0 Å². The average molecular weight is 208 g/mol. The highest BCUT2D eigenvalue weighted by atomic mass is 16.5. The SMILES string of the molecule is COc1c(C)ccc(C(C)C)c1C(=O)O. The first-order chi connectivity index (χ1) is 6.99. The monoisotopic (exact) mass is 208 g/mol. The van der Waals surface area contributed by atoms with E-state index in [9.17, 15) is 9.90 Å². The average Bonchev–Trinajstić information content (AvgIpc) is 2.16. The Balaban J connectivity index is 3.49. The maximum Gasteiger partial charge on any atom is 0.339 e. The summed E-state index contributed by atoms with van der Waals surface area (Å²) in [5.41, 5.74) is 1.94. The molecule has 0 aromatic heterocycles. The third-order valence-corrected chi connectivity index (χ3v) is 2.43. The second-order valence-electron chi connectivity index (χ2n) is 3.84. The van der Waals surface area contributed by atoms with Crippen LogP contribution in [0.3, 0.4) is 0 Å². The highest BCUT2D eigenvalue weighted by Gasteiger charge is 2.19. The largest absolute Gasteiger partial charge is 0.496 e. The summed E-state index contributed by atoms with van der Waals surface area (Å²) in [4.78, 5) is 11.2. The van der Waals surface area contributed by atoms with Crippen molar-refractivity contribution < 1.29 is 14.6 Å². The summed E-state index contributed by atoms with van der Waals surface area (Å²) >= 11 is 0. The fourth-order valence-corrected chi connectivity index (χ4v) is 1.67. The Bertz CT molecular complexity index is 381. The Morgan fingerprint density at radius 1 is 1.40 bits per heavy atom. The van der Waals surface area contributed by atoms with Gasteiger partial charge in [-0.1, -0.05) is 26.0 Å². The van der Waals surface area contributed by atoms with E-state index in [1.165, 1.54) is 7.11 Å². The minimum absolute atomic E-state index is 0.172. The molecule has 15 heavy (non-hydrogen) atoms. The van der Waals surface area contributed by atoms with Gasteiger partial charge in [-0.3, -0.25) is 0 Å². The lowest BCUT2D eigenvalue weighted by Crippen LogP contribution is -2.08. The molecule has 0 aliphatic rings. The Labute approximate surface area is 89.7 Å². The summed E-state index contributed by atoms with van der Waals surface area (Å²) in [7, 11) is 1.50. The summed E-state index contributed by atoms with van der Waals surface area (Å²) in [5, 5.41) is 9.17. The molecule has 1 aromatic rings. The van der Waals surface area contributed by atoms with Crippen molar-refractivity contribution in [2.45, 2.75) is 26.7 Å². The van der Waals surface area contributed by atoms with Crippen LogP contribution in [0.15, 0.2) is 12.1 Å². The highest BCUT2D eigenvalue weighted by molar-refractivity contribution is 5.93. The number of carboxylic acids is 1. The molecule has 0 atom stereocenters. The van der Waals surface area contributed by atoms with Gasteiger partial charge in [-0.05, 0) is 24.0 Å². The maximum absolute atomic E-state index is 11.2. The Morgan fingerprint density at radius 3 is 2.40 bits per heavy atom. The molecule has 0 spiro atoms. The number of hydrogen-bond acceptors (Lipinski definition) is 2. The lowest BCUT2D eigenvalue weighted by atomic mass is 9.94. The number of ether oxygens (including phenoxy) is 1. The maximum atomic E-state index is 11.2. The van der Waals surface area contributed by atoms with Crippen molar-refractivity contribution in [1.29, 1.82) is 0 Å². The molecule has 0 radical (unpaired) electrons. The molecular weight excluding hydrogens is 192 g/mol. The number of carbonyl (C=O) groups is 1. The molecule has 3 nitrogen and oxygen atoms in total. The van der Waals surface area contributed by atoms with Gasteiger partial charge < -0.3 is 9.84 Å². The predicted octanol–water partition coefficient (Wildman–Crippen LogP) is 2.83. The van der Waals surface area contributed by atoms with Crippen LogP contribution in [0.4, 0.5) is 0 Å². The summed E-state index contributed by atoms with van der Waals surface area (Å²) in [6, 6.07) is 3.74. The van der Waals surface area contributed by atoms with Crippen LogP contribution in [0.5, 0.6) is 5.75 Å². The number of carboxylic acid groups (broad SMARTS) is 1. The fraction of sp³-hybridized carbons (Fsp3) is 0.417. The molecule has 0 amide bonds. The van der Waals surface area contributed by atoms with Gasteiger partial charge in [0, 0.05) is 0 Å². The van der Waals surface area contributed by atoms with Gasteiger partial charge in [0.25, 0.3) is 0 Å². The Hall–Kier alpha value is -1.51. The van der Waals surface area contributed by atoms with Crippen LogP contribution in [-0.4, -0.2) is 18.2 Å². The molecular formula is C12H16O3. The van der Waals surface area contributed by atoms with Crippen molar-refractivity contribution in [3.8, 4) is 5.75 Å². The smallest absolute Gasteiger partial charge is 0.339 e. The van der Waals surface area contributed by atoms with Crippen molar-refractivity contribution in [3.63, 3.8) is 0 Å². The zero-order chi connectivity index (χ0) is 11.6. The minimum Gasteiger partial charge on any atom is -0.496 e. The molecule has 0 saturated heterocycles. The quantitative estimate of drug-likeness (QED) is 0.830. The van der Waals surface area contributed by atoms with Crippen molar-refractivity contribution >= 4 is 5.97 Å². The van der Waals surface area contributed by atoms with Crippen molar-refractivity contribution in [2.75, 3.05) is 7.11 Å². The number of rotatable bonds is 3. The molecule has 0 bridgehead atoms. The van der Waals surface area contributed by atoms with E-state index < -0.39 is 5.97 Å². The third kappa shape index (κ3) is 2.12. The van der Waals surface area contributed by atoms with Crippen LogP contribution >= 0.6 is 0 Å². The normalized spacial score (nSPS) is 10.5. The summed E-state index contributed by atoms with van der Waals surface area (Å²) in [6.45, 7) is 5.78. The fourth-order valence-electron chi connectivity index (χ4n) is 1.67. The second kappa shape index (κ2) is 4.34. The second-order valence-corrected chi connectivity index (χ2v) is 3.84. The van der Waals surface area contributed by atoms with E-state index >= 15 is 0 Å². The topological polar surface area (TPSA) is 46.5 Å². The number of hydrogen-bond donors (Lipinski definition) is 1. The van der Waals surface area contributed by atoms with Crippen molar-refractivity contribution in [2.24, 2.45) is 0 Å². The van der Waals surface area contributed by atoms with Gasteiger partial charge in [0.2, 0.25) is 0 Å². The van der Waals surface area contributed by atoms with Crippen LogP contribution < -0.4 is 4.74 Å². The van der Waals surface area contributed by atoms with E-state index in [1.807, 2.05) is 32.9 Å². The first-order valence-electron chi connectivity index (χ1n) is 4.89. The van der Waals surface area contributed by atoms with E-state index in [-0.39, 0.29) is 11.5 Å². The molecule has 1 N–H and O–H groups in total. The molecule has 0 aliphatic carbocycles. The van der Waals surface area contributed by atoms with Crippen LogP contribution in [-0.2, 0) is 0 Å². The number of aromatic carboxylic acids is 1. The number of benzene rings is 1. The molecule has 0 unspecified atom stereocenters. The summed E-state index contributed by atoms with van der Waals surface area (Å²) < 4.78 is 5.15. The van der Waals surface area contributed by atoms with Gasteiger partial charge in [-0.25, -0.2) is 4.79 Å². The van der Waals surface area contributed by atoms with Crippen molar-refractivity contribution in [3.05, 3.63) is 28.8 Å². The first-order valence-corrected chi connectivity index (χ1v) is 4.89.